The maximum absolute atomic E-state index is 12.3. The minimum absolute atomic E-state index is 0.202. The number of nitrogens with zero attached hydrogens (tertiary/aromatic N) is 1. The average molecular weight is 386 g/mol. The molecule has 0 bridgehead atoms. The number of amides is 1. The number of hydrogen-bond acceptors (Lipinski definition) is 3. The lowest BCUT2D eigenvalue weighted by molar-refractivity contribution is -0.186. The normalized spacial score (nSPS) is 17.9. The van der Waals surface area contributed by atoms with Crippen LogP contribution in [0.4, 0.5) is 13.2 Å². The van der Waals surface area contributed by atoms with Crippen molar-refractivity contribution >= 4 is 5.91 Å². The molecule has 1 aliphatic heterocycles. The smallest absolute Gasteiger partial charge is 0.359 e. The highest BCUT2D eigenvalue weighted by Gasteiger charge is 2.33. The Balaban J connectivity index is 1.97. The Hall–Kier alpha value is -1.60. The SMILES string of the molecule is CC(OCC(F)(F)F)C(=O)NC(CN1CCc2ccccc2C1)C(C)(C)C. The van der Waals surface area contributed by atoms with Gasteiger partial charge in [0.1, 0.15) is 12.7 Å². The predicted molar refractivity (Wildman–Crippen MR) is 98.3 cm³/mol. The molecule has 27 heavy (non-hydrogen) atoms. The minimum atomic E-state index is -4.45. The van der Waals surface area contributed by atoms with Crippen LogP contribution in [0.1, 0.15) is 38.8 Å². The minimum Gasteiger partial charge on any atom is -0.359 e. The van der Waals surface area contributed by atoms with E-state index in [1.165, 1.54) is 18.1 Å². The molecule has 152 valence electrons. The largest absolute Gasteiger partial charge is 0.411 e. The Bertz CT molecular complexity index is 641. The molecular formula is C20H29F3N2O2. The van der Waals surface area contributed by atoms with Gasteiger partial charge in [0.05, 0.1) is 0 Å². The number of hydrogen-bond donors (Lipinski definition) is 1. The Kier molecular flexibility index (Phi) is 6.92. The van der Waals surface area contributed by atoms with E-state index in [0.717, 1.165) is 19.5 Å². The first-order valence-corrected chi connectivity index (χ1v) is 9.23. The maximum atomic E-state index is 12.3. The lowest BCUT2D eigenvalue weighted by atomic mass is 9.85. The summed E-state index contributed by atoms with van der Waals surface area (Å²) in [5, 5.41) is 2.89. The molecule has 7 heteroatoms. The number of fused-ring (bicyclic) bond motifs is 1. The second-order valence-electron chi connectivity index (χ2n) is 8.25. The Morgan fingerprint density at radius 3 is 2.44 bits per heavy atom. The van der Waals surface area contributed by atoms with Crippen LogP contribution in [-0.4, -0.2) is 48.8 Å². The van der Waals surface area contributed by atoms with Gasteiger partial charge in [-0.1, -0.05) is 45.0 Å². The van der Waals surface area contributed by atoms with Gasteiger partial charge < -0.3 is 10.1 Å². The zero-order valence-corrected chi connectivity index (χ0v) is 16.4. The number of halogens is 3. The van der Waals surface area contributed by atoms with Crippen molar-refractivity contribution in [1.29, 1.82) is 0 Å². The van der Waals surface area contributed by atoms with Gasteiger partial charge in [0.25, 0.3) is 0 Å². The van der Waals surface area contributed by atoms with Gasteiger partial charge in [-0.15, -0.1) is 0 Å². The van der Waals surface area contributed by atoms with Gasteiger partial charge >= 0.3 is 6.18 Å². The molecule has 4 nitrogen and oxygen atoms in total. The summed E-state index contributed by atoms with van der Waals surface area (Å²) in [5.74, 6) is -0.517. The van der Waals surface area contributed by atoms with Crippen LogP contribution in [0, 0.1) is 5.41 Å². The van der Waals surface area contributed by atoms with Crippen molar-refractivity contribution < 1.29 is 22.7 Å². The molecule has 2 rings (SSSR count). The lowest BCUT2D eigenvalue weighted by Gasteiger charge is -2.38. The Morgan fingerprint density at radius 1 is 1.22 bits per heavy atom. The molecule has 1 aliphatic rings. The third-order valence-electron chi connectivity index (χ3n) is 4.88. The number of nitrogens with one attached hydrogen (secondary N) is 1. The molecule has 2 atom stereocenters. The highest BCUT2D eigenvalue weighted by Crippen LogP contribution is 2.24. The van der Waals surface area contributed by atoms with Crippen LogP contribution < -0.4 is 5.32 Å². The summed E-state index contributed by atoms with van der Waals surface area (Å²) in [6.07, 6.45) is -4.65. The van der Waals surface area contributed by atoms with E-state index in [0.29, 0.717) is 6.54 Å². The standard InChI is InChI=1S/C20H29F3N2O2/c1-14(27-13-20(21,22)23)18(26)24-17(19(2,3)4)12-25-10-9-15-7-5-6-8-16(15)11-25/h5-8,14,17H,9-13H2,1-4H3,(H,24,26). The van der Waals surface area contributed by atoms with Gasteiger partial charge in [-0.2, -0.15) is 13.2 Å². The molecule has 0 fully saturated rings. The van der Waals surface area contributed by atoms with Crippen molar-refractivity contribution in [1.82, 2.24) is 10.2 Å². The summed E-state index contributed by atoms with van der Waals surface area (Å²) in [6, 6.07) is 8.10. The topological polar surface area (TPSA) is 41.6 Å². The summed E-state index contributed by atoms with van der Waals surface area (Å²) in [4.78, 5) is 14.6. The molecule has 0 spiro atoms. The zero-order chi connectivity index (χ0) is 20.2. The number of rotatable bonds is 6. The van der Waals surface area contributed by atoms with E-state index in [1.54, 1.807) is 0 Å². The number of carbonyl (C=O) groups is 1. The van der Waals surface area contributed by atoms with Gasteiger partial charge in [0.2, 0.25) is 5.91 Å². The summed E-state index contributed by atoms with van der Waals surface area (Å²) in [6.45, 7) is 8.28. The molecule has 0 radical (unpaired) electrons. The van der Waals surface area contributed by atoms with Crippen molar-refractivity contribution in [2.75, 3.05) is 19.7 Å². The van der Waals surface area contributed by atoms with E-state index >= 15 is 0 Å². The zero-order valence-electron chi connectivity index (χ0n) is 16.4. The second-order valence-corrected chi connectivity index (χ2v) is 8.25. The molecule has 1 N–H and O–H groups in total. The van der Waals surface area contributed by atoms with Crippen LogP contribution in [0.25, 0.3) is 0 Å². The molecule has 0 saturated carbocycles. The van der Waals surface area contributed by atoms with Gasteiger partial charge in [0.15, 0.2) is 0 Å². The monoisotopic (exact) mass is 386 g/mol. The van der Waals surface area contributed by atoms with Crippen molar-refractivity contribution in [3.05, 3.63) is 35.4 Å². The highest BCUT2D eigenvalue weighted by atomic mass is 19.4. The van der Waals surface area contributed by atoms with Crippen LogP contribution in [0.3, 0.4) is 0 Å². The Labute approximate surface area is 159 Å². The van der Waals surface area contributed by atoms with Gasteiger partial charge in [-0.25, -0.2) is 0 Å². The molecule has 1 heterocycles. The van der Waals surface area contributed by atoms with Crippen LogP contribution in [0.15, 0.2) is 24.3 Å². The third kappa shape index (κ3) is 6.81. The molecular weight excluding hydrogens is 357 g/mol. The van der Waals surface area contributed by atoms with Crippen LogP contribution >= 0.6 is 0 Å². The fourth-order valence-electron chi connectivity index (χ4n) is 3.09. The quantitative estimate of drug-likeness (QED) is 0.813. The molecule has 0 aliphatic carbocycles. The van der Waals surface area contributed by atoms with E-state index in [2.05, 4.69) is 27.1 Å². The van der Waals surface area contributed by atoms with Gasteiger partial charge in [-0.05, 0) is 29.9 Å². The first-order valence-electron chi connectivity index (χ1n) is 9.23. The first-order chi connectivity index (χ1) is 12.5. The summed E-state index contributed by atoms with van der Waals surface area (Å²) >= 11 is 0. The number of benzene rings is 1. The van der Waals surface area contributed by atoms with E-state index in [9.17, 15) is 18.0 Å². The summed E-state index contributed by atoms with van der Waals surface area (Å²) in [7, 11) is 0. The molecule has 2 unspecified atom stereocenters. The van der Waals surface area contributed by atoms with Crippen molar-refractivity contribution in [2.24, 2.45) is 5.41 Å². The molecule has 0 saturated heterocycles. The third-order valence-corrected chi connectivity index (χ3v) is 4.88. The molecule has 1 aromatic rings. The molecule has 0 aromatic heterocycles. The number of alkyl halides is 3. The van der Waals surface area contributed by atoms with Crippen LogP contribution in [0.5, 0.6) is 0 Å². The van der Waals surface area contributed by atoms with Crippen molar-refractivity contribution in [3.8, 4) is 0 Å². The van der Waals surface area contributed by atoms with Crippen molar-refractivity contribution in [3.63, 3.8) is 0 Å². The van der Waals surface area contributed by atoms with E-state index in [-0.39, 0.29) is 11.5 Å². The van der Waals surface area contributed by atoms with Crippen molar-refractivity contribution in [2.45, 2.75) is 59.0 Å². The Morgan fingerprint density at radius 2 is 1.85 bits per heavy atom. The van der Waals surface area contributed by atoms with Crippen LogP contribution in [-0.2, 0) is 22.5 Å². The first kappa shape index (κ1) is 21.7. The molecule has 1 aromatic carbocycles. The second kappa shape index (κ2) is 8.61. The fourth-order valence-corrected chi connectivity index (χ4v) is 3.09. The maximum Gasteiger partial charge on any atom is 0.411 e. The van der Waals surface area contributed by atoms with E-state index in [1.807, 2.05) is 32.9 Å². The summed E-state index contributed by atoms with van der Waals surface area (Å²) in [5.41, 5.74) is 2.39. The van der Waals surface area contributed by atoms with Crippen LogP contribution in [0.2, 0.25) is 0 Å². The van der Waals surface area contributed by atoms with E-state index < -0.39 is 24.8 Å². The van der Waals surface area contributed by atoms with Gasteiger partial charge in [-0.3, -0.25) is 9.69 Å². The highest BCUT2D eigenvalue weighted by molar-refractivity contribution is 5.80. The number of carbonyl (C=O) groups excluding carboxylic acids is 1. The lowest BCUT2D eigenvalue weighted by Crippen LogP contribution is -2.53. The van der Waals surface area contributed by atoms with E-state index in [4.69, 9.17) is 0 Å². The summed E-state index contributed by atoms with van der Waals surface area (Å²) < 4.78 is 41.6. The number of ether oxygens (including phenoxy) is 1. The van der Waals surface area contributed by atoms with Gasteiger partial charge in [0, 0.05) is 25.7 Å². The average Bonchev–Trinajstić information content (AvgIpc) is 2.57. The fraction of sp³-hybridized carbons (Fsp3) is 0.650. The molecule has 1 amide bonds. The predicted octanol–water partition coefficient (Wildman–Crippen LogP) is 3.54.